The van der Waals surface area contributed by atoms with Gasteiger partial charge in [0.1, 0.15) is 5.82 Å². The quantitative estimate of drug-likeness (QED) is 0.850. The Morgan fingerprint density at radius 1 is 1.47 bits per heavy atom. The van der Waals surface area contributed by atoms with Crippen molar-refractivity contribution in [2.45, 2.75) is 33.7 Å². The summed E-state index contributed by atoms with van der Waals surface area (Å²) in [7, 11) is 0. The molecule has 1 aromatic heterocycles. The Morgan fingerprint density at radius 3 is 2.71 bits per heavy atom. The van der Waals surface area contributed by atoms with Gasteiger partial charge in [-0.15, -0.1) is 0 Å². The van der Waals surface area contributed by atoms with Crippen LogP contribution in [-0.4, -0.2) is 18.1 Å². The summed E-state index contributed by atoms with van der Waals surface area (Å²) in [5, 5.41) is 0.649. The Kier molecular flexibility index (Phi) is 5.72. The zero-order chi connectivity index (χ0) is 12.8. The van der Waals surface area contributed by atoms with Gasteiger partial charge < -0.3 is 10.6 Å². The minimum Gasteiger partial charge on any atom is -0.357 e. The molecule has 0 saturated heterocycles. The number of nitrogens with zero attached hydrogens (tertiary/aromatic N) is 2. The van der Waals surface area contributed by atoms with E-state index in [4.69, 9.17) is 17.3 Å². The van der Waals surface area contributed by atoms with E-state index >= 15 is 0 Å². The molecule has 0 radical (unpaired) electrons. The van der Waals surface area contributed by atoms with Gasteiger partial charge in [-0.2, -0.15) is 0 Å². The molecular weight excluding hydrogens is 234 g/mol. The van der Waals surface area contributed by atoms with Crippen LogP contribution in [0.4, 0.5) is 5.82 Å². The van der Waals surface area contributed by atoms with Crippen molar-refractivity contribution in [3.63, 3.8) is 0 Å². The van der Waals surface area contributed by atoms with Crippen molar-refractivity contribution in [2.24, 2.45) is 11.7 Å². The lowest BCUT2D eigenvalue weighted by Gasteiger charge is -2.25. The van der Waals surface area contributed by atoms with E-state index in [1.807, 2.05) is 6.07 Å². The van der Waals surface area contributed by atoms with Crippen molar-refractivity contribution in [3.05, 3.63) is 22.8 Å². The van der Waals surface area contributed by atoms with Crippen LogP contribution in [0.3, 0.4) is 0 Å². The van der Waals surface area contributed by atoms with E-state index in [9.17, 15) is 0 Å². The van der Waals surface area contributed by atoms with E-state index in [2.05, 4.69) is 30.7 Å². The van der Waals surface area contributed by atoms with Crippen molar-refractivity contribution >= 4 is 17.4 Å². The third-order valence-electron chi connectivity index (χ3n) is 3.07. The molecule has 0 amide bonds. The Balaban J connectivity index is 2.88. The van der Waals surface area contributed by atoms with Gasteiger partial charge in [-0.3, -0.25) is 0 Å². The maximum absolute atomic E-state index is 6.02. The number of anilines is 1. The molecule has 4 heteroatoms. The van der Waals surface area contributed by atoms with Crippen molar-refractivity contribution in [2.75, 3.05) is 18.0 Å². The minimum absolute atomic E-state index is 0.454. The molecule has 17 heavy (non-hydrogen) atoms. The highest BCUT2D eigenvalue weighted by Crippen LogP contribution is 2.21. The summed E-state index contributed by atoms with van der Waals surface area (Å²) in [6.07, 6.45) is 2.87. The van der Waals surface area contributed by atoms with E-state index in [-0.39, 0.29) is 0 Å². The van der Waals surface area contributed by atoms with Crippen molar-refractivity contribution < 1.29 is 0 Å². The van der Waals surface area contributed by atoms with E-state index in [1.54, 1.807) is 6.20 Å². The predicted octanol–water partition coefficient (Wildman–Crippen LogP) is 3.07. The third kappa shape index (κ3) is 3.86. The first-order valence-electron chi connectivity index (χ1n) is 6.21. The maximum Gasteiger partial charge on any atom is 0.128 e. The molecule has 0 aliphatic carbocycles. The molecule has 0 bridgehead atoms. The molecule has 1 heterocycles. The predicted molar refractivity (Wildman–Crippen MR) is 74.5 cm³/mol. The molecule has 0 saturated carbocycles. The average molecular weight is 256 g/mol. The molecule has 1 aromatic rings. The molecule has 0 aromatic carbocycles. The van der Waals surface area contributed by atoms with Crippen LogP contribution in [0.5, 0.6) is 0 Å². The number of hydrogen-bond acceptors (Lipinski definition) is 3. The second kappa shape index (κ2) is 6.82. The highest BCUT2D eigenvalue weighted by Gasteiger charge is 2.11. The number of pyridine rings is 1. The lowest BCUT2D eigenvalue weighted by molar-refractivity contribution is 0.545. The average Bonchev–Trinajstić information content (AvgIpc) is 2.36. The van der Waals surface area contributed by atoms with Crippen LogP contribution in [-0.2, 0) is 6.54 Å². The molecule has 0 fully saturated rings. The van der Waals surface area contributed by atoms with Gasteiger partial charge in [0.15, 0.2) is 0 Å². The Morgan fingerprint density at radius 2 is 2.18 bits per heavy atom. The van der Waals surface area contributed by atoms with Gasteiger partial charge >= 0.3 is 0 Å². The zero-order valence-electron chi connectivity index (χ0n) is 10.9. The van der Waals surface area contributed by atoms with Gasteiger partial charge in [-0.25, -0.2) is 4.98 Å². The molecule has 3 nitrogen and oxygen atoms in total. The van der Waals surface area contributed by atoms with Crippen LogP contribution < -0.4 is 10.6 Å². The number of halogens is 1. The first kappa shape index (κ1) is 14.3. The molecule has 1 rings (SSSR count). The Hall–Kier alpha value is -0.800. The summed E-state index contributed by atoms with van der Waals surface area (Å²) >= 11 is 6.02. The first-order chi connectivity index (χ1) is 8.12. The summed E-state index contributed by atoms with van der Waals surface area (Å²) in [6.45, 7) is 9.02. The summed E-state index contributed by atoms with van der Waals surface area (Å²) in [5.74, 6) is 1.63. The van der Waals surface area contributed by atoms with Crippen LogP contribution >= 0.6 is 11.6 Å². The summed E-state index contributed by atoms with van der Waals surface area (Å²) in [4.78, 5) is 6.65. The normalized spacial score (nSPS) is 12.5. The van der Waals surface area contributed by atoms with E-state index in [0.717, 1.165) is 24.5 Å². The largest absolute Gasteiger partial charge is 0.357 e. The van der Waals surface area contributed by atoms with Gasteiger partial charge in [0.25, 0.3) is 0 Å². The van der Waals surface area contributed by atoms with Gasteiger partial charge in [0.05, 0.1) is 5.02 Å². The van der Waals surface area contributed by atoms with Gasteiger partial charge in [0.2, 0.25) is 0 Å². The van der Waals surface area contributed by atoms with Gasteiger partial charge in [-0.05, 0) is 24.5 Å². The first-order valence-corrected chi connectivity index (χ1v) is 6.59. The third-order valence-corrected chi connectivity index (χ3v) is 3.42. The van der Waals surface area contributed by atoms with Gasteiger partial charge in [0, 0.05) is 25.8 Å². The zero-order valence-corrected chi connectivity index (χ0v) is 11.7. The minimum atomic E-state index is 0.454. The van der Waals surface area contributed by atoms with E-state index in [0.29, 0.717) is 17.5 Å². The van der Waals surface area contributed by atoms with Crippen LogP contribution in [0.2, 0.25) is 5.02 Å². The molecular formula is C13H22ClN3. The van der Waals surface area contributed by atoms with Crippen molar-refractivity contribution in [3.8, 4) is 0 Å². The lowest BCUT2D eigenvalue weighted by Crippen LogP contribution is -2.29. The van der Waals surface area contributed by atoms with Crippen molar-refractivity contribution in [1.82, 2.24) is 4.98 Å². The fourth-order valence-electron chi connectivity index (χ4n) is 1.69. The summed E-state index contributed by atoms with van der Waals surface area (Å²) in [5.41, 5.74) is 6.62. The summed E-state index contributed by atoms with van der Waals surface area (Å²) < 4.78 is 0. The second-order valence-corrected chi connectivity index (χ2v) is 4.80. The number of rotatable bonds is 6. The SMILES string of the molecule is CCC(C)CN(CC)c1cc(CN)c(Cl)cn1. The monoisotopic (exact) mass is 255 g/mol. The van der Waals surface area contributed by atoms with Crippen LogP contribution in [0.25, 0.3) is 0 Å². The standard InChI is InChI=1S/C13H22ClN3/c1-4-10(3)9-17(5-2)13-6-11(7-15)12(14)8-16-13/h6,8,10H,4-5,7,9,15H2,1-3H3. The van der Waals surface area contributed by atoms with Crippen LogP contribution in [0.1, 0.15) is 32.8 Å². The Labute approximate surface area is 109 Å². The Bertz CT molecular complexity index is 355. The topological polar surface area (TPSA) is 42.1 Å². The molecule has 2 N–H and O–H groups in total. The second-order valence-electron chi connectivity index (χ2n) is 4.39. The molecule has 96 valence electrons. The molecule has 1 unspecified atom stereocenters. The highest BCUT2D eigenvalue weighted by molar-refractivity contribution is 6.31. The van der Waals surface area contributed by atoms with Gasteiger partial charge in [-0.1, -0.05) is 31.9 Å². The number of hydrogen-bond donors (Lipinski definition) is 1. The maximum atomic E-state index is 6.02. The fraction of sp³-hybridized carbons (Fsp3) is 0.615. The molecule has 0 aliphatic rings. The molecule has 1 atom stereocenters. The number of aromatic nitrogens is 1. The highest BCUT2D eigenvalue weighted by atomic mass is 35.5. The van der Waals surface area contributed by atoms with Crippen molar-refractivity contribution in [1.29, 1.82) is 0 Å². The fourth-order valence-corrected chi connectivity index (χ4v) is 1.87. The van der Waals surface area contributed by atoms with E-state index < -0.39 is 0 Å². The smallest absolute Gasteiger partial charge is 0.128 e. The molecule has 0 spiro atoms. The lowest BCUT2D eigenvalue weighted by atomic mass is 10.1. The van der Waals surface area contributed by atoms with E-state index in [1.165, 1.54) is 6.42 Å². The molecule has 0 aliphatic heterocycles. The van der Waals surface area contributed by atoms with Crippen LogP contribution in [0, 0.1) is 5.92 Å². The van der Waals surface area contributed by atoms with Crippen LogP contribution in [0.15, 0.2) is 12.3 Å². The number of nitrogens with two attached hydrogens (primary N) is 1. The summed E-state index contributed by atoms with van der Waals surface area (Å²) in [6, 6.07) is 1.99.